The highest BCUT2D eigenvalue weighted by atomic mass is 16.6. The number of rotatable bonds is 3. The molecule has 0 radical (unpaired) electrons. The minimum atomic E-state index is -0.853. The van der Waals surface area contributed by atoms with Crippen LogP contribution in [0.2, 0.25) is 0 Å². The van der Waals surface area contributed by atoms with E-state index in [1.807, 2.05) is 0 Å². The minimum Gasteiger partial charge on any atom is -0.447 e. The number of imide groups is 1. The van der Waals surface area contributed by atoms with Gasteiger partial charge in [0, 0.05) is 0 Å². The van der Waals surface area contributed by atoms with E-state index in [0.717, 1.165) is 4.90 Å². The van der Waals surface area contributed by atoms with E-state index in [2.05, 4.69) is 11.3 Å². The van der Waals surface area contributed by atoms with Gasteiger partial charge in [-0.25, -0.2) is 9.69 Å². The van der Waals surface area contributed by atoms with Crippen molar-refractivity contribution in [1.82, 2.24) is 4.90 Å². The molecule has 1 rings (SSSR count). The van der Waals surface area contributed by atoms with Gasteiger partial charge in [0.1, 0.15) is 6.61 Å². The fourth-order valence-corrected chi connectivity index (χ4v) is 1.28. The number of carbonyl (C=O) groups is 2. The topological polar surface area (TPSA) is 66.8 Å². The van der Waals surface area contributed by atoms with Gasteiger partial charge in [0.15, 0.2) is 0 Å². The van der Waals surface area contributed by atoms with Crippen LogP contribution in [-0.2, 0) is 9.53 Å². The van der Waals surface area contributed by atoms with Gasteiger partial charge in [-0.2, -0.15) is 0 Å². The monoisotopic (exact) mass is 199 g/mol. The summed E-state index contributed by atoms with van der Waals surface area (Å²) in [7, 11) is 0. The quantitative estimate of drug-likeness (QED) is 0.657. The molecule has 0 aliphatic carbocycles. The summed E-state index contributed by atoms with van der Waals surface area (Å²) in [4.78, 5) is 23.6. The molecule has 1 aliphatic heterocycles. The molecule has 0 aromatic carbocycles. The van der Waals surface area contributed by atoms with E-state index in [1.54, 1.807) is 0 Å². The molecule has 0 aromatic heterocycles. The number of amides is 2. The summed E-state index contributed by atoms with van der Waals surface area (Å²) in [5.74, 6) is -1.21. The predicted molar refractivity (Wildman–Crippen MR) is 48.4 cm³/mol. The Kier molecular flexibility index (Phi) is 3.24. The van der Waals surface area contributed by atoms with Crippen LogP contribution in [0.4, 0.5) is 4.79 Å². The zero-order valence-electron chi connectivity index (χ0n) is 7.97. The fraction of sp³-hybridized carbons (Fsp3) is 0.556. The summed E-state index contributed by atoms with van der Waals surface area (Å²) in [6, 6.07) is 0. The second-order valence-corrected chi connectivity index (χ2v) is 3.11. The van der Waals surface area contributed by atoms with Gasteiger partial charge in [0.2, 0.25) is 5.91 Å². The van der Waals surface area contributed by atoms with Gasteiger partial charge in [0.25, 0.3) is 0 Å². The molecule has 2 unspecified atom stereocenters. The smallest absolute Gasteiger partial charge is 0.416 e. The lowest BCUT2D eigenvalue weighted by Crippen LogP contribution is -2.39. The highest BCUT2D eigenvalue weighted by Gasteiger charge is 2.33. The van der Waals surface area contributed by atoms with Gasteiger partial charge in [0.05, 0.1) is 18.6 Å². The number of hydrogen-bond donors (Lipinski definition) is 1. The summed E-state index contributed by atoms with van der Waals surface area (Å²) in [6.07, 6.45) is -0.172. The van der Waals surface area contributed by atoms with Crippen LogP contribution < -0.4 is 0 Å². The van der Waals surface area contributed by atoms with Crippen LogP contribution in [-0.4, -0.2) is 41.3 Å². The van der Waals surface area contributed by atoms with Crippen molar-refractivity contribution < 1.29 is 19.4 Å². The molecular formula is C9H13NO4. The average Bonchev–Trinajstić information content (AvgIpc) is 2.51. The largest absolute Gasteiger partial charge is 0.447 e. The van der Waals surface area contributed by atoms with Crippen LogP contribution in [0.5, 0.6) is 0 Å². The average molecular weight is 199 g/mol. The first-order chi connectivity index (χ1) is 6.57. The lowest BCUT2D eigenvalue weighted by molar-refractivity contribution is -0.133. The zero-order valence-corrected chi connectivity index (χ0v) is 7.97. The Morgan fingerprint density at radius 1 is 1.79 bits per heavy atom. The lowest BCUT2D eigenvalue weighted by atomic mass is 10.0. The van der Waals surface area contributed by atoms with Crippen LogP contribution in [0.3, 0.4) is 0 Å². The van der Waals surface area contributed by atoms with Gasteiger partial charge in [-0.15, -0.1) is 6.58 Å². The normalized spacial score (nSPS) is 20.1. The highest BCUT2D eigenvalue weighted by molar-refractivity contribution is 5.95. The molecule has 78 valence electrons. The lowest BCUT2D eigenvalue weighted by Gasteiger charge is -2.19. The zero-order chi connectivity index (χ0) is 10.7. The van der Waals surface area contributed by atoms with Crippen molar-refractivity contribution in [1.29, 1.82) is 0 Å². The van der Waals surface area contributed by atoms with Crippen molar-refractivity contribution in [3.63, 3.8) is 0 Å². The number of carbonyl (C=O) groups excluding carboxylic acids is 2. The van der Waals surface area contributed by atoms with Gasteiger partial charge in [-0.3, -0.25) is 4.79 Å². The molecule has 2 atom stereocenters. The Morgan fingerprint density at radius 2 is 2.43 bits per heavy atom. The Morgan fingerprint density at radius 3 is 2.79 bits per heavy atom. The standard InChI is InChI=1S/C9H13NO4/c1-3-7(6(2)11)8(12)10-4-5-14-9(10)13/h3,6-7,11H,1,4-5H2,2H3. The van der Waals surface area contributed by atoms with E-state index in [9.17, 15) is 14.7 Å². The molecule has 1 aliphatic rings. The molecule has 0 saturated carbocycles. The Bertz CT molecular complexity index is 258. The Labute approximate surface area is 82.0 Å². The first-order valence-corrected chi connectivity index (χ1v) is 4.36. The maximum atomic E-state index is 11.6. The van der Waals surface area contributed by atoms with Gasteiger partial charge in [-0.05, 0) is 6.92 Å². The van der Waals surface area contributed by atoms with Crippen LogP contribution in [0.15, 0.2) is 12.7 Å². The van der Waals surface area contributed by atoms with Gasteiger partial charge >= 0.3 is 6.09 Å². The van der Waals surface area contributed by atoms with Crippen LogP contribution in [0.25, 0.3) is 0 Å². The van der Waals surface area contributed by atoms with E-state index in [4.69, 9.17) is 0 Å². The molecule has 1 heterocycles. The summed E-state index contributed by atoms with van der Waals surface area (Å²) in [6.45, 7) is 5.38. The predicted octanol–water partition coefficient (Wildman–Crippen LogP) is 0.148. The molecule has 1 saturated heterocycles. The van der Waals surface area contributed by atoms with Crippen LogP contribution in [0.1, 0.15) is 6.92 Å². The van der Waals surface area contributed by atoms with Gasteiger partial charge < -0.3 is 9.84 Å². The maximum Gasteiger partial charge on any atom is 0.416 e. The number of ether oxygens (including phenoxy) is 1. The third-order valence-electron chi connectivity index (χ3n) is 2.09. The second kappa shape index (κ2) is 4.23. The molecular weight excluding hydrogens is 186 g/mol. The van der Waals surface area contributed by atoms with Crippen molar-refractivity contribution in [3.05, 3.63) is 12.7 Å². The molecule has 0 bridgehead atoms. The molecule has 1 fully saturated rings. The minimum absolute atomic E-state index is 0.217. The second-order valence-electron chi connectivity index (χ2n) is 3.11. The van der Waals surface area contributed by atoms with Crippen LogP contribution >= 0.6 is 0 Å². The van der Waals surface area contributed by atoms with Crippen molar-refractivity contribution >= 4 is 12.0 Å². The number of nitrogens with zero attached hydrogens (tertiary/aromatic N) is 1. The molecule has 2 amide bonds. The van der Waals surface area contributed by atoms with E-state index in [0.29, 0.717) is 0 Å². The maximum absolute atomic E-state index is 11.6. The summed E-state index contributed by atoms with van der Waals surface area (Å²) >= 11 is 0. The van der Waals surface area contributed by atoms with Crippen molar-refractivity contribution in [2.75, 3.05) is 13.2 Å². The third kappa shape index (κ3) is 1.93. The summed E-state index contributed by atoms with van der Waals surface area (Å²) < 4.78 is 4.61. The van der Waals surface area contributed by atoms with Crippen LogP contribution in [0, 0.1) is 5.92 Å². The SMILES string of the molecule is C=CC(C(=O)N1CCOC1=O)C(C)O. The van der Waals surface area contributed by atoms with E-state index < -0.39 is 24.0 Å². The molecule has 1 N–H and O–H groups in total. The number of aliphatic hydroxyl groups excluding tert-OH is 1. The van der Waals surface area contributed by atoms with E-state index >= 15 is 0 Å². The molecule has 14 heavy (non-hydrogen) atoms. The number of hydrogen-bond acceptors (Lipinski definition) is 4. The molecule has 5 heteroatoms. The first kappa shape index (κ1) is 10.7. The number of aliphatic hydroxyl groups is 1. The molecule has 0 spiro atoms. The first-order valence-electron chi connectivity index (χ1n) is 4.36. The Balaban J connectivity index is 2.72. The molecule has 5 nitrogen and oxygen atoms in total. The van der Waals surface area contributed by atoms with Crippen molar-refractivity contribution in [3.8, 4) is 0 Å². The summed E-state index contributed by atoms with van der Waals surface area (Å²) in [5.41, 5.74) is 0. The van der Waals surface area contributed by atoms with Crippen molar-refractivity contribution in [2.45, 2.75) is 13.0 Å². The highest BCUT2D eigenvalue weighted by Crippen LogP contribution is 2.13. The van der Waals surface area contributed by atoms with E-state index in [-0.39, 0.29) is 13.2 Å². The summed E-state index contributed by atoms with van der Waals surface area (Å²) in [5, 5.41) is 9.26. The number of cyclic esters (lactones) is 1. The van der Waals surface area contributed by atoms with E-state index in [1.165, 1.54) is 13.0 Å². The molecule has 0 aromatic rings. The van der Waals surface area contributed by atoms with Gasteiger partial charge in [-0.1, -0.05) is 6.08 Å². The fourth-order valence-electron chi connectivity index (χ4n) is 1.28. The third-order valence-corrected chi connectivity index (χ3v) is 2.09. The Hall–Kier alpha value is -1.36. The van der Waals surface area contributed by atoms with Crippen molar-refractivity contribution in [2.24, 2.45) is 5.92 Å².